The topological polar surface area (TPSA) is 21.3 Å². The van der Waals surface area contributed by atoms with Crippen LogP contribution >= 0.6 is 11.6 Å². The van der Waals surface area contributed by atoms with Crippen LogP contribution in [0.25, 0.3) is 82.1 Å². The summed E-state index contributed by atoms with van der Waals surface area (Å²) in [5.41, 5.74) is 10.4. The number of hydrogen-bond donors (Lipinski definition) is 0. The number of benzene rings is 9. The maximum absolute atomic E-state index is 7.09. The predicted molar refractivity (Wildman–Crippen MR) is 228 cm³/mol. The smallest absolute Gasteiger partial charge is 0.137 e. The Bertz CT molecular complexity index is 3190. The standard InChI is InChI=1S/C50H31ClN2O/c51-34-27-33(28-38(29-34)52(35-14-3-1-4-15-35)36-16-5-2-6-17-36)45-31-46-49(43-21-10-9-19-40(43)45)44-25-23-32-13-7-8-18-39(32)50(44)53(46)37-24-26-42-41-20-11-12-22-47(41)54-48(42)30-37/h1-31H. The largest absolute Gasteiger partial charge is 0.456 e. The van der Waals surface area contributed by atoms with E-state index in [0.717, 1.165) is 61.3 Å². The van der Waals surface area contributed by atoms with Crippen molar-refractivity contribution in [3.63, 3.8) is 0 Å². The fourth-order valence-electron chi connectivity index (χ4n) is 8.46. The van der Waals surface area contributed by atoms with E-state index in [2.05, 4.69) is 173 Å². The van der Waals surface area contributed by atoms with Gasteiger partial charge in [0.25, 0.3) is 0 Å². The number of anilines is 3. The van der Waals surface area contributed by atoms with Crippen molar-refractivity contribution < 1.29 is 4.42 Å². The molecule has 0 aliphatic heterocycles. The van der Waals surface area contributed by atoms with Gasteiger partial charge in [-0.15, -0.1) is 0 Å². The molecule has 3 nitrogen and oxygen atoms in total. The van der Waals surface area contributed by atoms with Gasteiger partial charge in [-0.3, -0.25) is 0 Å². The van der Waals surface area contributed by atoms with Crippen LogP contribution in [0.4, 0.5) is 17.1 Å². The zero-order chi connectivity index (χ0) is 35.8. The fourth-order valence-corrected chi connectivity index (χ4v) is 8.69. The summed E-state index contributed by atoms with van der Waals surface area (Å²) in [6.45, 7) is 0. The van der Waals surface area contributed by atoms with Gasteiger partial charge in [-0.2, -0.15) is 0 Å². The summed E-state index contributed by atoms with van der Waals surface area (Å²) >= 11 is 7.09. The van der Waals surface area contributed by atoms with Crippen molar-refractivity contribution in [2.45, 2.75) is 0 Å². The first kappa shape index (κ1) is 30.8. The molecule has 9 aromatic carbocycles. The number of furan rings is 1. The van der Waals surface area contributed by atoms with E-state index in [1.54, 1.807) is 0 Å². The lowest BCUT2D eigenvalue weighted by atomic mass is 9.94. The molecule has 0 fully saturated rings. The highest BCUT2D eigenvalue weighted by Crippen LogP contribution is 2.46. The Morgan fingerprint density at radius 1 is 0.444 bits per heavy atom. The van der Waals surface area contributed by atoms with Gasteiger partial charge >= 0.3 is 0 Å². The minimum Gasteiger partial charge on any atom is -0.456 e. The van der Waals surface area contributed by atoms with Crippen LogP contribution in [0.5, 0.6) is 0 Å². The summed E-state index contributed by atoms with van der Waals surface area (Å²) < 4.78 is 8.89. The number of halogens is 1. The van der Waals surface area contributed by atoms with Gasteiger partial charge in [0, 0.05) is 60.8 Å². The molecule has 0 aliphatic carbocycles. The lowest BCUT2D eigenvalue weighted by Gasteiger charge is -2.26. The summed E-state index contributed by atoms with van der Waals surface area (Å²) in [4.78, 5) is 2.27. The van der Waals surface area contributed by atoms with Crippen molar-refractivity contribution in [2.75, 3.05) is 4.90 Å². The van der Waals surface area contributed by atoms with Gasteiger partial charge in [-0.1, -0.05) is 127 Å². The molecule has 11 rings (SSSR count). The number of rotatable bonds is 5. The summed E-state index contributed by atoms with van der Waals surface area (Å²) in [5.74, 6) is 0. The van der Waals surface area contributed by atoms with E-state index >= 15 is 0 Å². The molecule has 2 heterocycles. The average Bonchev–Trinajstić information content (AvgIpc) is 3.77. The van der Waals surface area contributed by atoms with E-state index in [9.17, 15) is 0 Å². The molecule has 0 saturated carbocycles. The van der Waals surface area contributed by atoms with Gasteiger partial charge in [-0.05, 0) is 94.0 Å². The van der Waals surface area contributed by atoms with Crippen molar-refractivity contribution in [1.82, 2.24) is 4.57 Å². The number of aromatic nitrogens is 1. The minimum absolute atomic E-state index is 0.672. The second-order valence-electron chi connectivity index (χ2n) is 13.9. The van der Waals surface area contributed by atoms with Crippen LogP contribution in [0.1, 0.15) is 0 Å². The Morgan fingerprint density at radius 3 is 1.85 bits per heavy atom. The molecule has 0 bridgehead atoms. The van der Waals surface area contributed by atoms with Crippen molar-refractivity contribution >= 4 is 94.0 Å². The minimum atomic E-state index is 0.672. The van der Waals surface area contributed by atoms with E-state index < -0.39 is 0 Å². The monoisotopic (exact) mass is 710 g/mol. The van der Waals surface area contributed by atoms with Gasteiger partial charge < -0.3 is 13.9 Å². The molecule has 0 radical (unpaired) electrons. The highest BCUT2D eigenvalue weighted by molar-refractivity contribution is 6.32. The van der Waals surface area contributed by atoms with Crippen LogP contribution < -0.4 is 4.90 Å². The van der Waals surface area contributed by atoms with E-state index in [1.807, 2.05) is 24.3 Å². The maximum Gasteiger partial charge on any atom is 0.137 e. The Morgan fingerprint density at radius 2 is 1.07 bits per heavy atom. The Hall–Kier alpha value is -6.81. The molecule has 0 spiro atoms. The van der Waals surface area contributed by atoms with Crippen LogP contribution in [-0.2, 0) is 0 Å². The van der Waals surface area contributed by atoms with Crippen LogP contribution in [0.15, 0.2) is 192 Å². The van der Waals surface area contributed by atoms with Crippen LogP contribution in [0.2, 0.25) is 5.02 Å². The van der Waals surface area contributed by atoms with E-state index in [4.69, 9.17) is 16.0 Å². The molecule has 0 aliphatic rings. The molecule has 0 amide bonds. The average molecular weight is 711 g/mol. The van der Waals surface area contributed by atoms with Crippen molar-refractivity contribution in [3.8, 4) is 16.8 Å². The van der Waals surface area contributed by atoms with Gasteiger partial charge in [0.2, 0.25) is 0 Å². The number of hydrogen-bond acceptors (Lipinski definition) is 2. The van der Waals surface area contributed by atoms with E-state index in [-0.39, 0.29) is 0 Å². The maximum atomic E-state index is 7.09. The molecule has 254 valence electrons. The Balaban J connectivity index is 1.23. The third kappa shape index (κ3) is 4.76. The highest BCUT2D eigenvalue weighted by Gasteiger charge is 2.22. The summed E-state index contributed by atoms with van der Waals surface area (Å²) in [6.07, 6.45) is 0. The van der Waals surface area contributed by atoms with E-state index in [0.29, 0.717) is 5.02 Å². The molecule has 0 saturated heterocycles. The van der Waals surface area contributed by atoms with Gasteiger partial charge in [-0.25, -0.2) is 0 Å². The second kappa shape index (κ2) is 12.1. The first-order valence-electron chi connectivity index (χ1n) is 18.2. The van der Waals surface area contributed by atoms with Crippen LogP contribution in [-0.4, -0.2) is 4.57 Å². The van der Waals surface area contributed by atoms with Gasteiger partial charge in [0.15, 0.2) is 0 Å². The molecule has 4 heteroatoms. The summed E-state index contributed by atoms with van der Waals surface area (Å²) in [5, 5.41) is 10.1. The molecule has 11 aromatic rings. The lowest BCUT2D eigenvalue weighted by molar-refractivity contribution is 0.668. The SMILES string of the molecule is Clc1cc(-c2cc3c(c4ccccc24)c2ccc4ccccc4c2n3-c2ccc3c(c2)oc2ccccc23)cc(N(c2ccccc2)c2ccccc2)c1. The van der Waals surface area contributed by atoms with Crippen molar-refractivity contribution in [1.29, 1.82) is 0 Å². The Labute approximate surface area is 316 Å². The van der Waals surface area contributed by atoms with E-state index in [1.165, 1.54) is 37.8 Å². The Kier molecular flexibility index (Phi) is 6.91. The van der Waals surface area contributed by atoms with Crippen molar-refractivity contribution in [2.24, 2.45) is 0 Å². The fraction of sp³-hybridized carbons (Fsp3) is 0. The van der Waals surface area contributed by atoms with Crippen LogP contribution in [0.3, 0.4) is 0 Å². The first-order valence-corrected chi connectivity index (χ1v) is 18.6. The third-order valence-corrected chi connectivity index (χ3v) is 11.0. The van der Waals surface area contributed by atoms with Crippen molar-refractivity contribution in [3.05, 3.63) is 193 Å². The quantitative estimate of drug-likeness (QED) is 0.177. The van der Waals surface area contributed by atoms with Gasteiger partial charge in [0.05, 0.1) is 11.0 Å². The first-order chi connectivity index (χ1) is 26.7. The van der Waals surface area contributed by atoms with Crippen LogP contribution in [0, 0.1) is 0 Å². The number of fused-ring (bicyclic) bond motifs is 10. The predicted octanol–water partition coefficient (Wildman–Crippen LogP) is 14.8. The molecular weight excluding hydrogens is 680 g/mol. The highest BCUT2D eigenvalue weighted by atomic mass is 35.5. The molecule has 2 aromatic heterocycles. The molecule has 0 atom stereocenters. The molecule has 0 unspecified atom stereocenters. The lowest BCUT2D eigenvalue weighted by Crippen LogP contribution is -2.09. The zero-order valence-corrected chi connectivity index (χ0v) is 29.8. The molecule has 54 heavy (non-hydrogen) atoms. The number of nitrogens with zero attached hydrogens (tertiary/aromatic N) is 2. The molecular formula is C50H31ClN2O. The summed E-state index contributed by atoms with van der Waals surface area (Å²) in [7, 11) is 0. The number of para-hydroxylation sites is 3. The second-order valence-corrected chi connectivity index (χ2v) is 14.3. The van der Waals surface area contributed by atoms with Gasteiger partial charge in [0.1, 0.15) is 11.2 Å². The third-order valence-electron chi connectivity index (χ3n) is 10.8. The summed E-state index contributed by atoms with van der Waals surface area (Å²) in [6, 6.07) is 66.6. The zero-order valence-electron chi connectivity index (χ0n) is 29.1. The molecule has 0 N–H and O–H groups in total. The normalized spacial score (nSPS) is 11.8.